The maximum Gasteiger partial charge on any atom is 0.292 e. The van der Waals surface area contributed by atoms with Gasteiger partial charge in [0.15, 0.2) is 0 Å². The van der Waals surface area contributed by atoms with Crippen LogP contribution in [0.3, 0.4) is 0 Å². The minimum Gasteiger partial charge on any atom is -0.364 e. The molecule has 1 aliphatic heterocycles. The number of hydrogen-bond acceptors (Lipinski definition) is 4. The highest BCUT2D eigenvalue weighted by atomic mass is 19.1. The van der Waals surface area contributed by atoms with Gasteiger partial charge in [-0.15, -0.1) is 0 Å². The van der Waals surface area contributed by atoms with Crippen molar-refractivity contribution in [3.63, 3.8) is 0 Å². The number of anilines is 1. The standard InChI is InChI=1S/C13H18FN3O2/c1-3-15(2)11-6-7-16(9-11)13-8-10(14)4-5-12(13)17(18)19/h4-5,8,11H,3,6-7,9H2,1-2H3/t11-/m0/s1. The van der Waals surface area contributed by atoms with Crippen LogP contribution in [0.2, 0.25) is 0 Å². The van der Waals surface area contributed by atoms with Crippen LogP contribution < -0.4 is 4.90 Å². The highest BCUT2D eigenvalue weighted by Crippen LogP contribution is 2.32. The van der Waals surface area contributed by atoms with E-state index in [9.17, 15) is 14.5 Å². The zero-order chi connectivity index (χ0) is 14.0. The molecule has 1 atom stereocenters. The Morgan fingerprint density at radius 2 is 2.32 bits per heavy atom. The fourth-order valence-electron chi connectivity index (χ4n) is 2.48. The molecule has 1 aromatic rings. The van der Waals surface area contributed by atoms with Crippen molar-refractivity contribution >= 4 is 11.4 Å². The van der Waals surface area contributed by atoms with Gasteiger partial charge in [-0.2, -0.15) is 0 Å². The molecule has 6 heteroatoms. The van der Waals surface area contributed by atoms with Crippen LogP contribution in [0, 0.1) is 15.9 Å². The van der Waals surface area contributed by atoms with E-state index in [1.807, 2.05) is 11.9 Å². The average Bonchev–Trinajstić information content (AvgIpc) is 2.86. The van der Waals surface area contributed by atoms with Crippen molar-refractivity contribution in [2.24, 2.45) is 0 Å². The maximum absolute atomic E-state index is 13.3. The number of benzene rings is 1. The van der Waals surface area contributed by atoms with Gasteiger partial charge >= 0.3 is 0 Å². The van der Waals surface area contributed by atoms with Gasteiger partial charge in [0.05, 0.1) is 4.92 Å². The van der Waals surface area contributed by atoms with Gasteiger partial charge in [-0.3, -0.25) is 10.1 Å². The van der Waals surface area contributed by atoms with Gasteiger partial charge in [-0.1, -0.05) is 6.92 Å². The lowest BCUT2D eigenvalue weighted by molar-refractivity contribution is -0.384. The Balaban J connectivity index is 2.23. The van der Waals surface area contributed by atoms with Crippen LogP contribution >= 0.6 is 0 Å². The molecule has 1 fully saturated rings. The molecule has 2 rings (SSSR count). The predicted octanol–water partition coefficient (Wildman–Crippen LogP) is 2.26. The summed E-state index contributed by atoms with van der Waals surface area (Å²) in [7, 11) is 2.04. The smallest absolute Gasteiger partial charge is 0.292 e. The molecule has 0 unspecified atom stereocenters. The molecule has 0 amide bonds. The number of likely N-dealkylation sites (N-methyl/N-ethyl adjacent to an activating group) is 1. The Kier molecular flexibility index (Phi) is 3.99. The Bertz CT molecular complexity index is 481. The van der Waals surface area contributed by atoms with Crippen molar-refractivity contribution in [2.75, 3.05) is 31.6 Å². The van der Waals surface area contributed by atoms with Gasteiger partial charge in [-0.05, 0) is 26.1 Å². The molecular weight excluding hydrogens is 249 g/mol. The van der Waals surface area contributed by atoms with E-state index >= 15 is 0 Å². The fourth-order valence-corrected chi connectivity index (χ4v) is 2.48. The third kappa shape index (κ3) is 2.84. The maximum atomic E-state index is 13.3. The van der Waals surface area contributed by atoms with E-state index in [-0.39, 0.29) is 5.69 Å². The second-order valence-electron chi connectivity index (χ2n) is 4.85. The van der Waals surface area contributed by atoms with Gasteiger partial charge in [0.25, 0.3) is 5.69 Å². The molecular formula is C13H18FN3O2. The van der Waals surface area contributed by atoms with Crippen molar-refractivity contribution in [3.8, 4) is 0 Å². The molecule has 1 aromatic carbocycles. The first-order valence-corrected chi connectivity index (χ1v) is 6.42. The Hall–Kier alpha value is -1.69. The number of nitro benzene ring substituents is 1. The number of nitro groups is 1. The highest BCUT2D eigenvalue weighted by molar-refractivity contribution is 5.64. The molecule has 0 aromatic heterocycles. The zero-order valence-electron chi connectivity index (χ0n) is 11.2. The van der Waals surface area contributed by atoms with E-state index in [1.165, 1.54) is 12.1 Å². The largest absolute Gasteiger partial charge is 0.364 e. The average molecular weight is 267 g/mol. The molecule has 1 aliphatic rings. The third-order valence-electron chi connectivity index (χ3n) is 3.76. The van der Waals surface area contributed by atoms with E-state index in [1.54, 1.807) is 0 Å². The van der Waals surface area contributed by atoms with E-state index in [0.717, 1.165) is 25.6 Å². The minimum atomic E-state index is -0.453. The molecule has 0 radical (unpaired) electrons. The quantitative estimate of drug-likeness (QED) is 0.620. The summed E-state index contributed by atoms with van der Waals surface area (Å²) in [6.07, 6.45) is 0.942. The van der Waals surface area contributed by atoms with Crippen LogP contribution in [0.4, 0.5) is 15.8 Å². The molecule has 0 bridgehead atoms. The van der Waals surface area contributed by atoms with Crippen LogP contribution in [-0.4, -0.2) is 42.5 Å². The van der Waals surface area contributed by atoms with Gasteiger partial charge in [0.1, 0.15) is 11.5 Å². The molecule has 0 N–H and O–H groups in total. The van der Waals surface area contributed by atoms with Crippen LogP contribution in [0.15, 0.2) is 18.2 Å². The summed E-state index contributed by atoms with van der Waals surface area (Å²) < 4.78 is 13.3. The Morgan fingerprint density at radius 3 is 2.95 bits per heavy atom. The van der Waals surface area contributed by atoms with Gasteiger partial charge < -0.3 is 9.80 Å². The summed E-state index contributed by atoms with van der Waals surface area (Å²) in [6, 6.07) is 3.99. The minimum absolute atomic E-state index is 0.0267. The monoisotopic (exact) mass is 267 g/mol. The summed E-state index contributed by atoms with van der Waals surface area (Å²) in [5, 5.41) is 11.0. The van der Waals surface area contributed by atoms with E-state index in [0.29, 0.717) is 18.3 Å². The van der Waals surface area contributed by atoms with Crippen molar-refractivity contribution < 1.29 is 9.31 Å². The van der Waals surface area contributed by atoms with E-state index in [4.69, 9.17) is 0 Å². The molecule has 1 saturated heterocycles. The zero-order valence-corrected chi connectivity index (χ0v) is 11.2. The summed E-state index contributed by atoms with van der Waals surface area (Å²) in [5.41, 5.74) is 0.359. The van der Waals surface area contributed by atoms with Gasteiger partial charge in [0, 0.05) is 31.3 Å². The number of halogens is 1. The summed E-state index contributed by atoms with van der Waals surface area (Å²) >= 11 is 0. The van der Waals surface area contributed by atoms with Crippen molar-refractivity contribution in [3.05, 3.63) is 34.1 Å². The molecule has 0 spiro atoms. The van der Waals surface area contributed by atoms with E-state index < -0.39 is 10.7 Å². The second kappa shape index (κ2) is 5.52. The van der Waals surface area contributed by atoms with Gasteiger partial charge in [-0.25, -0.2) is 4.39 Å². The molecule has 104 valence electrons. The summed E-state index contributed by atoms with van der Waals surface area (Å²) in [6.45, 7) is 4.44. The molecule has 5 nitrogen and oxygen atoms in total. The summed E-state index contributed by atoms with van der Waals surface area (Å²) in [4.78, 5) is 14.7. The lowest BCUT2D eigenvalue weighted by atomic mass is 10.2. The van der Waals surface area contributed by atoms with Crippen LogP contribution in [0.5, 0.6) is 0 Å². The lowest BCUT2D eigenvalue weighted by Crippen LogP contribution is -2.34. The molecule has 19 heavy (non-hydrogen) atoms. The topological polar surface area (TPSA) is 49.6 Å². The SMILES string of the molecule is CCN(C)[C@H]1CCN(c2cc(F)ccc2[N+](=O)[O-])C1. The molecule has 0 aliphatic carbocycles. The highest BCUT2D eigenvalue weighted by Gasteiger charge is 2.29. The van der Waals surface area contributed by atoms with Crippen LogP contribution in [0.1, 0.15) is 13.3 Å². The fraction of sp³-hybridized carbons (Fsp3) is 0.538. The number of nitrogens with zero attached hydrogens (tertiary/aromatic N) is 3. The first kappa shape index (κ1) is 13.7. The Morgan fingerprint density at radius 1 is 1.58 bits per heavy atom. The van der Waals surface area contributed by atoms with Crippen LogP contribution in [0.25, 0.3) is 0 Å². The number of rotatable bonds is 4. The van der Waals surface area contributed by atoms with Gasteiger partial charge in [0.2, 0.25) is 0 Å². The van der Waals surface area contributed by atoms with Crippen LogP contribution in [-0.2, 0) is 0 Å². The first-order chi connectivity index (χ1) is 9.02. The van der Waals surface area contributed by atoms with Crippen molar-refractivity contribution in [1.29, 1.82) is 0 Å². The first-order valence-electron chi connectivity index (χ1n) is 6.42. The molecule has 0 saturated carbocycles. The number of hydrogen-bond donors (Lipinski definition) is 0. The van der Waals surface area contributed by atoms with Crippen molar-refractivity contribution in [1.82, 2.24) is 4.90 Å². The second-order valence-corrected chi connectivity index (χ2v) is 4.85. The lowest BCUT2D eigenvalue weighted by Gasteiger charge is -2.23. The predicted molar refractivity (Wildman–Crippen MR) is 72.0 cm³/mol. The molecule has 1 heterocycles. The normalized spacial score (nSPS) is 19.2. The Labute approximate surface area is 111 Å². The third-order valence-corrected chi connectivity index (χ3v) is 3.76. The summed E-state index contributed by atoms with van der Waals surface area (Å²) in [5.74, 6) is -0.437. The van der Waals surface area contributed by atoms with E-state index in [2.05, 4.69) is 11.8 Å². The van der Waals surface area contributed by atoms with Crippen molar-refractivity contribution in [2.45, 2.75) is 19.4 Å².